The van der Waals surface area contributed by atoms with Crippen molar-refractivity contribution in [3.05, 3.63) is 48.2 Å². The summed E-state index contributed by atoms with van der Waals surface area (Å²) in [5, 5.41) is 2.81. The van der Waals surface area contributed by atoms with Crippen molar-refractivity contribution in [2.45, 2.75) is 19.8 Å². The van der Waals surface area contributed by atoms with Gasteiger partial charge in [0.15, 0.2) is 0 Å². The number of nitrogens with zero attached hydrogens (tertiary/aromatic N) is 1. The summed E-state index contributed by atoms with van der Waals surface area (Å²) in [6.07, 6.45) is 5.28. The first kappa shape index (κ1) is 18.2. The predicted octanol–water partition coefficient (Wildman–Crippen LogP) is 1.78. The Kier molecular flexibility index (Phi) is 11.1. The first-order valence-corrected chi connectivity index (χ1v) is 6.90. The Morgan fingerprint density at radius 1 is 1.30 bits per heavy atom. The molecule has 0 radical (unpaired) electrons. The van der Waals surface area contributed by atoms with E-state index >= 15 is 0 Å². The molecule has 0 aliphatic carbocycles. The van der Waals surface area contributed by atoms with Crippen LogP contribution in [-0.2, 0) is 11.2 Å². The third-order valence-electron chi connectivity index (χ3n) is 2.36. The van der Waals surface area contributed by atoms with Crippen LogP contribution in [0, 0.1) is 0 Å². The van der Waals surface area contributed by atoms with E-state index in [4.69, 9.17) is 5.73 Å². The fraction of sp³-hybridized carbons (Fsp3) is 0.438. The molecular weight excluding hydrogens is 250 g/mol. The zero-order valence-electron chi connectivity index (χ0n) is 12.8. The van der Waals surface area contributed by atoms with Crippen molar-refractivity contribution in [2.75, 3.05) is 27.2 Å². The molecular formula is C16H27N3O. The lowest BCUT2D eigenvalue weighted by atomic mass is 10.1. The molecule has 1 amide bonds. The molecule has 1 aromatic carbocycles. The quantitative estimate of drug-likeness (QED) is 0.779. The molecule has 0 spiro atoms. The third-order valence-corrected chi connectivity index (χ3v) is 2.36. The van der Waals surface area contributed by atoms with E-state index in [-0.39, 0.29) is 5.91 Å². The van der Waals surface area contributed by atoms with Crippen LogP contribution < -0.4 is 11.1 Å². The van der Waals surface area contributed by atoms with Gasteiger partial charge >= 0.3 is 0 Å². The number of carbonyl (C=O) groups excluding carboxylic acids is 1. The standard InChI is InChI=1S/C11H16N2O.C5H11N/c12-7-4-8-13-11(14)9-10-5-2-1-3-6-10;1-4-5-6(2)3/h1-3,5-6H,4,7-9,12H2,(H,13,14);4-5H,1-3H3/b;5-4-. The summed E-state index contributed by atoms with van der Waals surface area (Å²) in [6, 6.07) is 9.70. The average Bonchev–Trinajstić information content (AvgIpc) is 2.40. The number of amides is 1. The van der Waals surface area contributed by atoms with Gasteiger partial charge in [-0.3, -0.25) is 4.79 Å². The molecule has 0 aliphatic heterocycles. The molecule has 0 bridgehead atoms. The van der Waals surface area contributed by atoms with E-state index < -0.39 is 0 Å². The van der Waals surface area contributed by atoms with Gasteiger partial charge in [-0.1, -0.05) is 36.4 Å². The van der Waals surface area contributed by atoms with Crippen LogP contribution in [0.5, 0.6) is 0 Å². The first-order chi connectivity index (χ1) is 9.60. The van der Waals surface area contributed by atoms with Crippen molar-refractivity contribution in [1.29, 1.82) is 0 Å². The Morgan fingerprint density at radius 2 is 1.95 bits per heavy atom. The normalized spacial score (nSPS) is 9.80. The minimum Gasteiger partial charge on any atom is -0.384 e. The lowest BCUT2D eigenvalue weighted by Gasteiger charge is -2.03. The molecule has 0 atom stereocenters. The van der Waals surface area contributed by atoms with Crippen LogP contribution >= 0.6 is 0 Å². The summed E-state index contributed by atoms with van der Waals surface area (Å²) in [4.78, 5) is 13.3. The maximum atomic E-state index is 11.3. The lowest BCUT2D eigenvalue weighted by Crippen LogP contribution is -2.27. The first-order valence-electron chi connectivity index (χ1n) is 6.90. The summed E-state index contributed by atoms with van der Waals surface area (Å²) in [6.45, 7) is 3.29. The minimum absolute atomic E-state index is 0.0599. The molecule has 20 heavy (non-hydrogen) atoms. The fourth-order valence-electron chi connectivity index (χ4n) is 1.47. The van der Waals surface area contributed by atoms with Crippen LogP contribution in [0.2, 0.25) is 0 Å². The molecule has 4 nitrogen and oxygen atoms in total. The second-order valence-corrected chi connectivity index (χ2v) is 4.60. The number of benzene rings is 1. The highest BCUT2D eigenvalue weighted by molar-refractivity contribution is 5.78. The van der Waals surface area contributed by atoms with Gasteiger partial charge in [-0.05, 0) is 31.7 Å². The minimum atomic E-state index is 0.0599. The van der Waals surface area contributed by atoms with Gasteiger partial charge in [0.2, 0.25) is 5.91 Å². The third kappa shape index (κ3) is 11.3. The van der Waals surface area contributed by atoms with Crippen LogP contribution in [-0.4, -0.2) is 38.0 Å². The van der Waals surface area contributed by atoms with Gasteiger partial charge in [-0.25, -0.2) is 0 Å². The molecule has 0 saturated heterocycles. The van der Waals surface area contributed by atoms with Gasteiger partial charge in [0.1, 0.15) is 0 Å². The van der Waals surface area contributed by atoms with E-state index in [0.717, 1.165) is 12.0 Å². The molecule has 0 unspecified atom stereocenters. The smallest absolute Gasteiger partial charge is 0.224 e. The highest BCUT2D eigenvalue weighted by Gasteiger charge is 2.00. The van der Waals surface area contributed by atoms with Crippen molar-refractivity contribution in [1.82, 2.24) is 10.2 Å². The van der Waals surface area contributed by atoms with Gasteiger partial charge in [0, 0.05) is 20.6 Å². The number of nitrogens with two attached hydrogens (primary N) is 1. The summed E-state index contributed by atoms with van der Waals surface area (Å²) in [5.74, 6) is 0.0599. The topological polar surface area (TPSA) is 58.4 Å². The number of carbonyl (C=O) groups is 1. The van der Waals surface area contributed by atoms with Crippen molar-refractivity contribution >= 4 is 5.91 Å². The van der Waals surface area contributed by atoms with Crippen LogP contribution in [0.25, 0.3) is 0 Å². The summed E-state index contributed by atoms with van der Waals surface area (Å²) >= 11 is 0. The van der Waals surface area contributed by atoms with Gasteiger partial charge < -0.3 is 16.0 Å². The van der Waals surface area contributed by atoms with Crippen molar-refractivity contribution in [3.63, 3.8) is 0 Å². The summed E-state index contributed by atoms with van der Waals surface area (Å²) in [5.41, 5.74) is 6.36. The summed E-state index contributed by atoms with van der Waals surface area (Å²) < 4.78 is 0. The Balaban J connectivity index is 0.000000511. The number of hydrogen-bond acceptors (Lipinski definition) is 3. The Hall–Kier alpha value is -1.81. The second kappa shape index (κ2) is 12.2. The average molecular weight is 277 g/mol. The van der Waals surface area contributed by atoms with E-state index in [1.54, 1.807) is 0 Å². The SMILES string of the molecule is C/C=C\N(C)C.NCCCNC(=O)Cc1ccccc1. The van der Waals surface area contributed by atoms with E-state index in [2.05, 4.69) is 5.32 Å². The molecule has 3 N–H and O–H groups in total. The number of hydrogen-bond donors (Lipinski definition) is 2. The van der Waals surface area contributed by atoms with Crippen LogP contribution in [0.3, 0.4) is 0 Å². The maximum absolute atomic E-state index is 11.3. The number of nitrogens with one attached hydrogen (secondary N) is 1. The van der Waals surface area contributed by atoms with Crippen molar-refractivity contribution < 1.29 is 4.79 Å². The summed E-state index contributed by atoms with van der Waals surface area (Å²) in [7, 11) is 4.00. The maximum Gasteiger partial charge on any atom is 0.224 e. The molecule has 4 heteroatoms. The number of allylic oxidation sites excluding steroid dienone is 1. The molecule has 112 valence electrons. The van der Waals surface area contributed by atoms with E-state index in [9.17, 15) is 4.79 Å². The second-order valence-electron chi connectivity index (χ2n) is 4.60. The molecule has 0 heterocycles. The van der Waals surface area contributed by atoms with Crippen LogP contribution in [0.1, 0.15) is 18.9 Å². The van der Waals surface area contributed by atoms with E-state index in [0.29, 0.717) is 19.5 Å². The molecule has 1 rings (SSSR count). The highest BCUT2D eigenvalue weighted by atomic mass is 16.1. The van der Waals surface area contributed by atoms with E-state index in [1.165, 1.54) is 0 Å². The molecule has 0 saturated carbocycles. The molecule has 0 aliphatic rings. The van der Waals surface area contributed by atoms with Crippen molar-refractivity contribution in [3.8, 4) is 0 Å². The van der Waals surface area contributed by atoms with Crippen LogP contribution in [0.4, 0.5) is 0 Å². The van der Waals surface area contributed by atoms with Gasteiger partial charge in [-0.2, -0.15) is 0 Å². The van der Waals surface area contributed by atoms with Crippen molar-refractivity contribution in [2.24, 2.45) is 5.73 Å². The van der Waals surface area contributed by atoms with Crippen LogP contribution in [0.15, 0.2) is 42.6 Å². The van der Waals surface area contributed by atoms with Gasteiger partial charge in [-0.15, -0.1) is 0 Å². The Labute approximate surface area is 122 Å². The molecule has 0 fully saturated rings. The van der Waals surface area contributed by atoms with Gasteiger partial charge in [0.25, 0.3) is 0 Å². The monoisotopic (exact) mass is 277 g/mol. The predicted molar refractivity (Wildman–Crippen MR) is 85.3 cm³/mol. The molecule has 1 aromatic rings. The van der Waals surface area contributed by atoms with E-state index in [1.807, 2.05) is 68.5 Å². The zero-order chi connectivity index (χ0) is 15.2. The highest BCUT2D eigenvalue weighted by Crippen LogP contribution is 1.98. The van der Waals surface area contributed by atoms with Gasteiger partial charge in [0.05, 0.1) is 6.42 Å². The molecule has 0 aromatic heterocycles. The Bertz CT molecular complexity index is 375. The Morgan fingerprint density at radius 3 is 2.40 bits per heavy atom. The fourth-order valence-corrected chi connectivity index (χ4v) is 1.47. The largest absolute Gasteiger partial charge is 0.384 e. The zero-order valence-corrected chi connectivity index (χ0v) is 12.8. The lowest BCUT2D eigenvalue weighted by molar-refractivity contribution is -0.120. The number of rotatable bonds is 6.